The van der Waals surface area contributed by atoms with Crippen LogP contribution in [0.3, 0.4) is 0 Å². The number of unbranched alkanes of at least 4 members (excludes halogenated alkanes) is 1. The van der Waals surface area contributed by atoms with Gasteiger partial charge in [0.05, 0.1) is 11.0 Å². The lowest BCUT2D eigenvalue weighted by molar-refractivity contribution is -0.121. The fourth-order valence-corrected chi connectivity index (χ4v) is 3.42. The number of fused-ring (bicyclic) bond motifs is 3. The summed E-state index contributed by atoms with van der Waals surface area (Å²) in [6.45, 7) is 7.73. The molecule has 3 aromatic rings. The SMILES string of the molecule is CCCCC(=O)NCCCn1c(CONC(C)C)nc2c(N)nc3ccccc3c21. The van der Waals surface area contributed by atoms with Gasteiger partial charge >= 0.3 is 0 Å². The summed E-state index contributed by atoms with van der Waals surface area (Å²) in [7, 11) is 0. The smallest absolute Gasteiger partial charge is 0.219 e. The lowest BCUT2D eigenvalue weighted by Gasteiger charge is -2.13. The Kier molecular flexibility index (Phi) is 7.59. The van der Waals surface area contributed by atoms with Crippen LogP contribution in [0.5, 0.6) is 0 Å². The highest BCUT2D eigenvalue weighted by Gasteiger charge is 2.17. The van der Waals surface area contributed by atoms with Gasteiger partial charge in [-0.25, -0.2) is 9.97 Å². The van der Waals surface area contributed by atoms with Crippen LogP contribution in [0.2, 0.25) is 0 Å². The zero-order valence-electron chi connectivity index (χ0n) is 18.1. The van der Waals surface area contributed by atoms with E-state index >= 15 is 0 Å². The van der Waals surface area contributed by atoms with Gasteiger partial charge in [0, 0.05) is 30.9 Å². The standard InChI is InChI=1S/C22H32N6O2/c1-4-5-11-19(29)24-12-8-13-28-18(14-30-27-15(2)3)26-20-21(28)16-9-6-7-10-17(16)25-22(20)23/h6-7,9-10,15,27H,4-5,8,11-14H2,1-3H3,(H2,23,25)(H,24,29). The molecule has 2 aromatic heterocycles. The van der Waals surface area contributed by atoms with E-state index in [-0.39, 0.29) is 11.9 Å². The molecule has 4 N–H and O–H groups in total. The lowest BCUT2D eigenvalue weighted by atomic mass is 10.2. The van der Waals surface area contributed by atoms with Crippen molar-refractivity contribution in [2.45, 2.75) is 65.6 Å². The first kappa shape index (κ1) is 22.0. The summed E-state index contributed by atoms with van der Waals surface area (Å²) in [6.07, 6.45) is 3.30. The number of nitrogens with two attached hydrogens (primary N) is 1. The molecule has 8 nitrogen and oxygen atoms in total. The summed E-state index contributed by atoms with van der Waals surface area (Å²) in [5.74, 6) is 1.30. The quantitative estimate of drug-likeness (QED) is 0.329. The number of aromatic nitrogens is 3. The molecule has 0 saturated carbocycles. The van der Waals surface area contributed by atoms with Crippen LogP contribution >= 0.6 is 0 Å². The fraction of sp³-hybridized carbons (Fsp3) is 0.500. The van der Waals surface area contributed by atoms with Gasteiger partial charge in [-0.3, -0.25) is 9.63 Å². The molecule has 1 aromatic carbocycles. The number of hydrogen-bond donors (Lipinski definition) is 3. The van der Waals surface area contributed by atoms with E-state index < -0.39 is 0 Å². The van der Waals surface area contributed by atoms with Gasteiger partial charge in [-0.15, -0.1) is 0 Å². The molecule has 30 heavy (non-hydrogen) atoms. The fourth-order valence-electron chi connectivity index (χ4n) is 3.42. The summed E-state index contributed by atoms with van der Waals surface area (Å²) in [4.78, 5) is 26.8. The predicted octanol–water partition coefficient (Wildman–Crippen LogP) is 3.29. The molecule has 0 aliphatic rings. The normalized spacial score (nSPS) is 11.6. The number of anilines is 1. The number of hydroxylamine groups is 1. The van der Waals surface area contributed by atoms with Crippen molar-refractivity contribution in [1.82, 2.24) is 25.3 Å². The van der Waals surface area contributed by atoms with Crippen molar-refractivity contribution in [3.05, 3.63) is 30.1 Å². The Hall–Kier alpha value is -2.71. The molecule has 2 heterocycles. The number of nitrogens with zero attached hydrogens (tertiary/aromatic N) is 3. The molecule has 162 valence electrons. The molecule has 0 radical (unpaired) electrons. The maximum atomic E-state index is 11.9. The predicted molar refractivity (Wildman–Crippen MR) is 120 cm³/mol. The van der Waals surface area contributed by atoms with Gasteiger partial charge in [-0.1, -0.05) is 31.5 Å². The number of hydrogen-bond acceptors (Lipinski definition) is 6. The number of carbonyl (C=O) groups excluding carboxylic acids is 1. The van der Waals surface area contributed by atoms with Crippen LogP contribution in [0, 0.1) is 0 Å². The monoisotopic (exact) mass is 412 g/mol. The number of nitrogen functional groups attached to an aromatic ring is 1. The number of carbonyl (C=O) groups is 1. The zero-order chi connectivity index (χ0) is 21.5. The molecule has 0 saturated heterocycles. The molecular formula is C22H32N6O2. The summed E-state index contributed by atoms with van der Waals surface area (Å²) in [6, 6.07) is 8.12. The third kappa shape index (κ3) is 5.25. The first-order valence-electron chi connectivity index (χ1n) is 10.7. The summed E-state index contributed by atoms with van der Waals surface area (Å²) in [5, 5.41) is 4.00. The number of para-hydroxylation sites is 1. The Balaban J connectivity index is 1.85. The van der Waals surface area contributed by atoms with E-state index in [1.54, 1.807) is 0 Å². The number of benzene rings is 1. The van der Waals surface area contributed by atoms with Crippen LogP contribution < -0.4 is 16.5 Å². The Labute approximate surface area is 177 Å². The van der Waals surface area contributed by atoms with Crippen molar-refractivity contribution < 1.29 is 9.63 Å². The van der Waals surface area contributed by atoms with Crippen molar-refractivity contribution in [2.75, 3.05) is 12.3 Å². The molecule has 0 spiro atoms. The molecule has 8 heteroatoms. The van der Waals surface area contributed by atoms with Crippen LogP contribution in [0.25, 0.3) is 21.9 Å². The van der Waals surface area contributed by atoms with Gasteiger partial charge in [-0.2, -0.15) is 5.48 Å². The summed E-state index contributed by atoms with van der Waals surface area (Å²) < 4.78 is 2.13. The average molecular weight is 413 g/mol. The Morgan fingerprint density at radius 2 is 2.03 bits per heavy atom. The Bertz CT molecular complexity index is 998. The van der Waals surface area contributed by atoms with E-state index in [2.05, 4.69) is 27.3 Å². The van der Waals surface area contributed by atoms with Gasteiger partial charge in [0.25, 0.3) is 0 Å². The Morgan fingerprint density at radius 1 is 1.23 bits per heavy atom. The van der Waals surface area contributed by atoms with Gasteiger partial charge in [0.1, 0.15) is 17.9 Å². The van der Waals surface area contributed by atoms with Crippen LogP contribution in [0.1, 0.15) is 52.3 Å². The number of pyridine rings is 1. The minimum Gasteiger partial charge on any atom is -0.382 e. The minimum atomic E-state index is 0.107. The maximum Gasteiger partial charge on any atom is 0.219 e. The molecule has 1 amide bonds. The van der Waals surface area contributed by atoms with Crippen LogP contribution in [-0.4, -0.2) is 33.0 Å². The van der Waals surface area contributed by atoms with Gasteiger partial charge in [0.2, 0.25) is 5.91 Å². The summed E-state index contributed by atoms with van der Waals surface area (Å²) >= 11 is 0. The molecular weight excluding hydrogens is 380 g/mol. The molecule has 0 unspecified atom stereocenters. The van der Waals surface area contributed by atoms with Gasteiger partial charge < -0.3 is 15.6 Å². The van der Waals surface area contributed by atoms with Crippen LogP contribution in [0.15, 0.2) is 24.3 Å². The van der Waals surface area contributed by atoms with Crippen molar-refractivity contribution in [3.63, 3.8) is 0 Å². The second-order valence-electron chi connectivity index (χ2n) is 7.76. The number of nitrogens with one attached hydrogen (secondary N) is 2. The van der Waals surface area contributed by atoms with Crippen LogP contribution in [-0.2, 0) is 22.8 Å². The van der Waals surface area contributed by atoms with E-state index in [0.717, 1.165) is 41.5 Å². The summed E-state index contributed by atoms with van der Waals surface area (Å²) in [5.41, 5.74) is 11.7. The third-order valence-electron chi connectivity index (χ3n) is 4.85. The van der Waals surface area contributed by atoms with Crippen molar-refractivity contribution in [3.8, 4) is 0 Å². The number of aryl methyl sites for hydroxylation is 1. The molecule has 3 rings (SSSR count). The zero-order valence-corrected chi connectivity index (χ0v) is 18.1. The van der Waals surface area contributed by atoms with E-state index in [4.69, 9.17) is 15.6 Å². The van der Waals surface area contributed by atoms with Gasteiger partial charge in [0.15, 0.2) is 5.82 Å². The topological polar surface area (TPSA) is 107 Å². The van der Waals surface area contributed by atoms with Crippen LogP contribution in [0.4, 0.5) is 5.82 Å². The third-order valence-corrected chi connectivity index (χ3v) is 4.85. The molecule has 0 aliphatic heterocycles. The first-order chi connectivity index (χ1) is 14.5. The number of imidazole rings is 1. The maximum absolute atomic E-state index is 11.9. The van der Waals surface area contributed by atoms with Gasteiger partial charge in [-0.05, 0) is 32.8 Å². The second-order valence-corrected chi connectivity index (χ2v) is 7.76. The molecule has 0 atom stereocenters. The highest BCUT2D eigenvalue weighted by atomic mass is 16.6. The molecule has 0 fully saturated rings. The van der Waals surface area contributed by atoms with Crippen molar-refractivity contribution in [1.29, 1.82) is 0 Å². The van der Waals surface area contributed by atoms with E-state index in [1.165, 1.54) is 0 Å². The first-order valence-corrected chi connectivity index (χ1v) is 10.7. The van der Waals surface area contributed by atoms with Crippen molar-refractivity contribution in [2.24, 2.45) is 0 Å². The highest BCUT2D eigenvalue weighted by molar-refractivity contribution is 6.06. The Morgan fingerprint density at radius 3 is 2.80 bits per heavy atom. The van der Waals surface area contributed by atoms with E-state index in [1.807, 2.05) is 38.1 Å². The average Bonchev–Trinajstić information content (AvgIpc) is 3.09. The highest BCUT2D eigenvalue weighted by Crippen LogP contribution is 2.29. The largest absolute Gasteiger partial charge is 0.382 e. The molecule has 0 bridgehead atoms. The number of amides is 1. The lowest BCUT2D eigenvalue weighted by Crippen LogP contribution is -2.25. The van der Waals surface area contributed by atoms with E-state index in [9.17, 15) is 4.79 Å². The van der Waals surface area contributed by atoms with E-state index in [0.29, 0.717) is 37.5 Å². The minimum absolute atomic E-state index is 0.107. The molecule has 0 aliphatic carbocycles. The van der Waals surface area contributed by atoms with Crippen molar-refractivity contribution >= 4 is 33.7 Å². The second kappa shape index (κ2) is 10.4. The number of rotatable bonds is 11.